The average Bonchev–Trinajstić information content (AvgIpc) is 2.92. The molecule has 0 fully saturated rings. The monoisotopic (exact) mass is 438 g/mol. The molecule has 0 aliphatic heterocycles. The molecule has 2 aromatic heterocycles. The van der Waals surface area contributed by atoms with Gasteiger partial charge in [-0.1, -0.05) is 84.9 Å². The Morgan fingerprint density at radius 1 is 0.353 bits per heavy atom. The maximum absolute atomic E-state index is 5.02. The topological polar surface area (TPSA) is 51.6 Å². The fourth-order valence-electron chi connectivity index (χ4n) is 4.31. The number of aryl methyl sites for hydroxylation is 2. The van der Waals surface area contributed by atoms with Gasteiger partial charge in [0.25, 0.3) is 0 Å². The maximum Gasteiger partial charge on any atom is 0.0925 e. The van der Waals surface area contributed by atoms with Gasteiger partial charge in [0.1, 0.15) is 0 Å². The second-order valence-corrected chi connectivity index (χ2v) is 8.25. The predicted molar refractivity (Wildman–Crippen MR) is 137 cm³/mol. The quantitative estimate of drug-likeness (QED) is 0.301. The van der Waals surface area contributed by atoms with E-state index in [-0.39, 0.29) is 0 Å². The van der Waals surface area contributed by atoms with Crippen molar-refractivity contribution in [2.75, 3.05) is 0 Å². The Labute approximate surface area is 198 Å². The van der Waals surface area contributed by atoms with Gasteiger partial charge in [-0.05, 0) is 37.1 Å². The molecule has 0 spiro atoms. The minimum atomic E-state index is 0.717. The van der Waals surface area contributed by atoms with Crippen LogP contribution in [0.15, 0.2) is 109 Å². The smallest absolute Gasteiger partial charge is 0.0925 e. The van der Waals surface area contributed by atoms with Crippen LogP contribution in [0.3, 0.4) is 0 Å². The number of hydrogen-bond acceptors (Lipinski definition) is 4. The van der Waals surface area contributed by atoms with Gasteiger partial charge in [-0.25, -0.2) is 19.9 Å². The van der Waals surface area contributed by atoms with Crippen molar-refractivity contribution in [3.63, 3.8) is 0 Å². The lowest BCUT2D eigenvalue weighted by atomic mass is 10.0. The summed E-state index contributed by atoms with van der Waals surface area (Å²) >= 11 is 0. The minimum absolute atomic E-state index is 0.717. The van der Waals surface area contributed by atoms with E-state index >= 15 is 0 Å². The molecule has 0 aliphatic rings. The van der Waals surface area contributed by atoms with Gasteiger partial charge < -0.3 is 0 Å². The standard InChI is InChI=1S/C30H22N4/c1-3-11-21(12-4-1)29-27(31-23-15-7-9-17-25(23)33-29)19-20-28-30(22-13-5-2-6-14-22)34-26-18-10-8-16-24(26)32-28/h1-18H,19-20H2. The second-order valence-electron chi connectivity index (χ2n) is 8.25. The molecule has 0 aliphatic carbocycles. The molecule has 0 unspecified atom stereocenters. The summed E-state index contributed by atoms with van der Waals surface area (Å²) in [6.45, 7) is 0. The van der Waals surface area contributed by atoms with E-state index < -0.39 is 0 Å². The number of aromatic nitrogens is 4. The van der Waals surface area contributed by atoms with Crippen LogP contribution in [-0.2, 0) is 12.8 Å². The molecule has 34 heavy (non-hydrogen) atoms. The predicted octanol–water partition coefficient (Wildman–Crippen LogP) is 6.69. The summed E-state index contributed by atoms with van der Waals surface area (Å²) in [7, 11) is 0. The normalized spacial score (nSPS) is 11.2. The zero-order chi connectivity index (χ0) is 22.7. The van der Waals surface area contributed by atoms with E-state index in [0.29, 0.717) is 0 Å². The van der Waals surface area contributed by atoms with Gasteiger partial charge in [0.15, 0.2) is 0 Å². The Morgan fingerprint density at radius 2 is 0.676 bits per heavy atom. The summed E-state index contributed by atoms with van der Waals surface area (Å²) in [5.74, 6) is 0. The third-order valence-electron chi connectivity index (χ3n) is 5.98. The van der Waals surface area contributed by atoms with Crippen molar-refractivity contribution in [1.29, 1.82) is 0 Å². The Kier molecular flexibility index (Phi) is 5.24. The van der Waals surface area contributed by atoms with Gasteiger partial charge in [0, 0.05) is 11.1 Å². The molecule has 0 atom stereocenters. The largest absolute Gasteiger partial charge is 0.249 e. The zero-order valence-electron chi connectivity index (χ0n) is 18.6. The lowest BCUT2D eigenvalue weighted by Gasteiger charge is -2.13. The van der Waals surface area contributed by atoms with Crippen molar-refractivity contribution in [1.82, 2.24) is 19.9 Å². The first-order valence-electron chi connectivity index (χ1n) is 11.5. The van der Waals surface area contributed by atoms with E-state index in [1.165, 1.54) is 0 Å². The van der Waals surface area contributed by atoms with Crippen LogP contribution in [-0.4, -0.2) is 19.9 Å². The third-order valence-corrected chi connectivity index (χ3v) is 5.98. The Morgan fingerprint density at radius 3 is 1.06 bits per heavy atom. The third kappa shape index (κ3) is 3.90. The Hall–Kier alpha value is -4.44. The first-order valence-corrected chi connectivity index (χ1v) is 11.5. The molecule has 0 saturated carbocycles. The summed E-state index contributed by atoms with van der Waals surface area (Å²) in [5, 5.41) is 0. The SMILES string of the molecule is c1ccc(-c2nc3ccccc3nc2CCc2nc3ccccc3nc2-c2ccccc2)cc1. The number of hydrogen-bond donors (Lipinski definition) is 0. The molecule has 0 amide bonds. The van der Waals surface area contributed by atoms with Crippen LogP contribution < -0.4 is 0 Å². The lowest BCUT2D eigenvalue weighted by molar-refractivity contribution is 0.884. The van der Waals surface area contributed by atoms with Gasteiger partial charge in [-0.2, -0.15) is 0 Å². The molecule has 2 heterocycles. The molecule has 4 heteroatoms. The molecule has 0 N–H and O–H groups in total. The van der Waals surface area contributed by atoms with E-state index in [1.807, 2.05) is 84.9 Å². The van der Waals surface area contributed by atoms with Crippen LogP contribution >= 0.6 is 0 Å². The summed E-state index contributed by atoms with van der Waals surface area (Å²) in [6, 6.07) is 36.7. The number of nitrogens with zero attached hydrogens (tertiary/aromatic N) is 4. The van der Waals surface area contributed by atoms with Crippen LogP contribution in [0.1, 0.15) is 11.4 Å². The summed E-state index contributed by atoms with van der Waals surface area (Å²) in [5.41, 5.74) is 9.56. The van der Waals surface area contributed by atoms with Gasteiger partial charge in [0.2, 0.25) is 0 Å². The van der Waals surface area contributed by atoms with Crippen LogP contribution in [0.25, 0.3) is 44.6 Å². The summed E-state index contributed by atoms with van der Waals surface area (Å²) in [4.78, 5) is 20.0. The van der Waals surface area contributed by atoms with E-state index in [2.05, 4.69) is 24.3 Å². The fraction of sp³-hybridized carbons (Fsp3) is 0.0667. The summed E-state index contributed by atoms with van der Waals surface area (Å²) in [6.07, 6.45) is 1.43. The van der Waals surface area contributed by atoms with E-state index in [0.717, 1.165) is 68.8 Å². The van der Waals surface area contributed by atoms with E-state index in [9.17, 15) is 0 Å². The molecule has 4 nitrogen and oxygen atoms in total. The molecule has 162 valence electrons. The van der Waals surface area contributed by atoms with E-state index in [1.54, 1.807) is 0 Å². The number of benzene rings is 4. The van der Waals surface area contributed by atoms with Gasteiger partial charge in [-0.3, -0.25) is 0 Å². The second kappa shape index (κ2) is 8.83. The highest BCUT2D eigenvalue weighted by Gasteiger charge is 2.15. The van der Waals surface area contributed by atoms with Crippen LogP contribution in [0.4, 0.5) is 0 Å². The van der Waals surface area contributed by atoms with Crippen molar-refractivity contribution in [3.8, 4) is 22.5 Å². The van der Waals surface area contributed by atoms with Gasteiger partial charge >= 0.3 is 0 Å². The number of rotatable bonds is 5. The first kappa shape index (κ1) is 20.2. The molecule has 0 bridgehead atoms. The molecule has 0 radical (unpaired) electrons. The van der Waals surface area contributed by atoms with Crippen LogP contribution in [0, 0.1) is 0 Å². The highest BCUT2D eigenvalue weighted by Crippen LogP contribution is 2.27. The number of fused-ring (bicyclic) bond motifs is 2. The van der Waals surface area contributed by atoms with Crippen LogP contribution in [0.2, 0.25) is 0 Å². The van der Waals surface area contributed by atoms with Gasteiger partial charge in [-0.15, -0.1) is 0 Å². The highest BCUT2D eigenvalue weighted by molar-refractivity contribution is 5.79. The fourth-order valence-corrected chi connectivity index (χ4v) is 4.31. The molecular weight excluding hydrogens is 416 g/mol. The Balaban J connectivity index is 1.45. The zero-order valence-corrected chi connectivity index (χ0v) is 18.6. The van der Waals surface area contributed by atoms with Crippen molar-refractivity contribution in [2.45, 2.75) is 12.8 Å². The highest BCUT2D eigenvalue weighted by atomic mass is 14.8. The number of para-hydroxylation sites is 4. The average molecular weight is 439 g/mol. The molecule has 6 aromatic rings. The van der Waals surface area contributed by atoms with Crippen molar-refractivity contribution < 1.29 is 0 Å². The summed E-state index contributed by atoms with van der Waals surface area (Å²) < 4.78 is 0. The maximum atomic E-state index is 5.02. The van der Waals surface area contributed by atoms with Crippen LogP contribution in [0.5, 0.6) is 0 Å². The Bertz CT molecular complexity index is 1470. The molecule has 0 saturated heterocycles. The lowest BCUT2D eigenvalue weighted by Crippen LogP contribution is -2.05. The first-order chi connectivity index (χ1) is 16.8. The van der Waals surface area contributed by atoms with Crippen molar-refractivity contribution >= 4 is 22.1 Å². The van der Waals surface area contributed by atoms with Gasteiger partial charge in [0.05, 0.1) is 44.8 Å². The minimum Gasteiger partial charge on any atom is -0.249 e. The van der Waals surface area contributed by atoms with Crippen molar-refractivity contribution in [2.24, 2.45) is 0 Å². The van der Waals surface area contributed by atoms with Crippen molar-refractivity contribution in [3.05, 3.63) is 121 Å². The molecular formula is C30H22N4. The van der Waals surface area contributed by atoms with E-state index in [4.69, 9.17) is 19.9 Å². The molecule has 4 aromatic carbocycles. The molecule has 6 rings (SSSR count).